The minimum absolute atomic E-state index is 0. The molecule has 1 aromatic rings. The zero-order valence-electron chi connectivity index (χ0n) is 14.3. The first-order valence-electron chi connectivity index (χ1n) is 8.39. The second-order valence-corrected chi connectivity index (χ2v) is 5.97. The summed E-state index contributed by atoms with van der Waals surface area (Å²) in [4.78, 5) is 4.25. The Kier molecular flexibility index (Phi) is 10.3. The fraction of sp³-hybridized carbons (Fsp3) is 0.611. The summed E-state index contributed by atoms with van der Waals surface area (Å²) in [6.45, 7) is 4.63. The molecule has 0 bridgehead atoms. The van der Waals surface area contributed by atoms with Crippen LogP contribution in [0.4, 0.5) is 0 Å². The molecule has 1 fully saturated rings. The van der Waals surface area contributed by atoms with E-state index >= 15 is 0 Å². The minimum Gasteiger partial charge on any atom is -0.378 e. The highest BCUT2D eigenvalue weighted by molar-refractivity contribution is 14.0. The van der Waals surface area contributed by atoms with Gasteiger partial charge in [0, 0.05) is 26.7 Å². The van der Waals surface area contributed by atoms with E-state index in [0.717, 1.165) is 32.1 Å². The Morgan fingerprint density at radius 1 is 1.26 bits per heavy atom. The second kappa shape index (κ2) is 11.7. The monoisotopic (exact) mass is 431 g/mol. The molecule has 1 saturated carbocycles. The van der Waals surface area contributed by atoms with Crippen LogP contribution < -0.4 is 10.6 Å². The molecule has 1 aliphatic carbocycles. The van der Waals surface area contributed by atoms with E-state index in [-0.39, 0.29) is 24.0 Å². The fourth-order valence-corrected chi connectivity index (χ4v) is 2.81. The highest BCUT2D eigenvalue weighted by atomic mass is 127. The van der Waals surface area contributed by atoms with Crippen molar-refractivity contribution in [2.45, 2.75) is 51.7 Å². The average molecular weight is 431 g/mol. The molecule has 23 heavy (non-hydrogen) atoms. The van der Waals surface area contributed by atoms with Gasteiger partial charge in [-0.25, -0.2) is 0 Å². The van der Waals surface area contributed by atoms with Crippen molar-refractivity contribution >= 4 is 29.9 Å². The second-order valence-electron chi connectivity index (χ2n) is 5.97. The van der Waals surface area contributed by atoms with Gasteiger partial charge in [-0.15, -0.1) is 24.0 Å². The molecule has 1 aliphatic rings. The van der Waals surface area contributed by atoms with Gasteiger partial charge in [0.2, 0.25) is 0 Å². The summed E-state index contributed by atoms with van der Waals surface area (Å²) in [5.74, 6) is 0.849. The van der Waals surface area contributed by atoms with E-state index in [1.165, 1.54) is 36.8 Å². The van der Waals surface area contributed by atoms with Crippen molar-refractivity contribution < 1.29 is 4.74 Å². The van der Waals surface area contributed by atoms with Gasteiger partial charge in [-0.3, -0.25) is 4.99 Å². The lowest BCUT2D eigenvalue weighted by molar-refractivity contribution is 0.0574. The number of hydrogen-bond acceptors (Lipinski definition) is 2. The number of nitrogens with one attached hydrogen (secondary N) is 2. The van der Waals surface area contributed by atoms with Crippen LogP contribution in [0.2, 0.25) is 0 Å². The van der Waals surface area contributed by atoms with Gasteiger partial charge in [-0.1, -0.05) is 42.7 Å². The number of halogens is 1. The van der Waals surface area contributed by atoms with Crippen LogP contribution in [0.1, 0.15) is 43.2 Å². The lowest BCUT2D eigenvalue weighted by Gasteiger charge is -2.14. The summed E-state index contributed by atoms with van der Waals surface area (Å²) in [6.07, 6.45) is 6.68. The number of nitrogens with zero attached hydrogens (tertiary/aromatic N) is 1. The van der Waals surface area contributed by atoms with E-state index in [1.54, 1.807) is 7.05 Å². The van der Waals surface area contributed by atoms with Crippen molar-refractivity contribution in [1.29, 1.82) is 0 Å². The topological polar surface area (TPSA) is 45.7 Å². The molecular weight excluding hydrogens is 401 g/mol. The zero-order chi connectivity index (χ0) is 15.6. The standard InChI is InChI=1S/C18H29N3O.HI/c1-15-7-5-8-16(13-15)14-21-18(19-2)20-11-6-12-22-17-9-3-4-10-17;/h5,7-8,13,17H,3-4,6,9-12,14H2,1-2H3,(H2,19,20,21);1H. The molecule has 0 unspecified atom stereocenters. The third kappa shape index (κ3) is 8.01. The van der Waals surface area contributed by atoms with Crippen LogP contribution in [0, 0.1) is 6.92 Å². The summed E-state index contributed by atoms with van der Waals surface area (Å²) in [5, 5.41) is 6.68. The van der Waals surface area contributed by atoms with Gasteiger partial charge >= 0.3 is 0 Å². The highest BCUT2D eigenvalue weighted by Crippen LogP contribution is 2.20. The first kappa shape index (κ1) is 20.2. The lowest BCUT2D eigenvalue weighted by Crippen LogP contribution is -2.37. The number of hydrogen-bond donors (Lipinski definition) is 2. The number of rotatable bonds is 7. The molecule has 0 heterocycles. The van der Waals surface area contributed by atoms with Gasteiger partial charge in [-0.05, 0) is 31.7 Å². The van der Waals surface area contributed by atoms with Crippen molar-refractivity contribution in [3.63, 3.8) is 0 Å². The Bertz CT molecular complexity index is 473. The molecule has 0 aliphatic heterocycles. The van der Waals surface area contributed by atoms with Crippen LogP contribution >= 0.6 is 24.0 Å². The lowest BCUT2D eigenvalue weighted by atomic mass is 10.1. The van der Waals surface area contributed by atoms with E-state index in [4.69, 9.17) is 4.74 Å². The SMILES string of the molecule is CN=C(NCCCOC1CCCC1)NCc1cccc(C)c1.I. The maximum absolute atomic E-state index is 5.86. The largest absolute Gasteiger partial charge is 0.378 e. The maximum Gasteiger partial charge on any atom is 0.191 e. The molecule has 0 aromatic heterocycles. The predicted molar refractivity (Wildman–Crippen MR) is 108 cm³/mol. The van der Waals surface area contributed by atoms with Gasteiger partial charge in [0.15, 0.2) is 5.96 Å². The summed E-state index contributed by atoms with van der Waals surface area (Å²) < 4.78 is 5.86. The van der Waals surface area contributed by atoms with Crippen LogP contribution in [-0.2, 0) is 11.3 Å². The third-order valence-electron chi connectivity index (χ3n) is 4.04. The van der Waals surface area contributed by atoms with Crippen LogP contribution in [-0.4, -0.2) is 32.3 Å². The Morgan fingerprint density at radius 2 is 2.04 bits per heavy atom. The van der Waals surface area contributed by atoms with Gasteiger partial charge in [0.05, 0.1) is 6.10 Å². The highest BCUT2D eigenvalue weighted by Gasteiger charge is 2.14. The van der Waals surface area contributed by atoms with E-state index in [2.05, 4.69) is 46.8 Å². The van der Waals surface area contributed by atoms with E-state index in [0.29, 0.717) is 6.10 Å². The van der Waals surface area contributed by atoms with Crippen molar-refractivity contribution in [1.82, 2.24) is 10.6 Å². The summed E-state index contributed by atoms with van der Waals surface area (Å²) in [6, 6.07) is 8.52. The quantitative estimate of drug-likeness (QED) is 0.300. The minimum atomic E-state index is 0. The van der Waals surface area contributed by atoms with Crippen LogP contribution in [0.5, 0.6) is 0 Å². The van der Waals surface area contributed by atoms with Gasteiger partial charge < -0.3 is 15.4 Å². The molecule has 4 nitrogen and oxygen atoms in total. The summed E-state index contributed by atoms with van der Waals surface area (Å²) in [5.41, 5.74) is 2.55. The molecule has 0 atom stereocenters. The smallest absolute Gasteiger partial charge is 0.191 e. The normalized spacial score (nSPS) is 15.3. The molecule has 5 heteroatoms. The molecule has 1 aromatic carbocycles. The predicted octanol–water partition coefficient (Wildman–Crippen LogP) is 3.63. The molecular formula is C18H30IN3O. The van der Waals surface area contributed by atoms with Gasteiger partial charge in [0.25, 0.3) is 0 Å². The molecule has 0 saturated heterocycles. The number of guanidine groups is 1. The van der Waals surface area contributed by atoms with Crippen LogP contribution in [0.3, 0.4) is 0 Å². The number of aliphatic imine (C=N–C) groups is 1. The zero-order valence-corrected chi connectivity index (χ0v) is 16.6. The van der Waals surface area contributed by atoms with Gasteiger partial charge in [-0.2, -0.15) is 0 Å². The van der Waals surface area contributed by atoms with Gasteiger partial charge in [0.1, 0.15) is 0 Å². The Labute approximate surface area is 157 Å². The molecule has 2 rings (SSSR count). The number of aryl methyl sites for hydroxylation is 1. The maximum atomic E-state index is 5.86. The van der Waals surface area contributed by atoms with Crippen LogP contribution in [0.25, 0.3) is 0 Å². The number of benzene rings is 1. The average Bonchev–Trinajstić information content (AvgIpc) is 3.03. The number of ether oxygens (including phenoxy) is 1. The Hall–Kier alpha value is -0.820. The fourth-order valence-electron chi connectivity index (χ4n) is 2.81. The molecule has 0 amide bonds. The van der Waals surface area contributed by atoms with Crippen LogP contribution in [0.15, 0.2) is 29.3 Å². The van der Waals surface area contributed by atoms with Crippen molar-refractivity contribution in [3.8, 4) is 0 Å². The van der Waals surface area contributed by atoms with E-state index < -0.39 is 0 Å². The van der Waals surface area contributed by atoms with E-state index in [9.17, 15) is 0 Å². The third-order valence-corrected chi connectivity index (χ3v) is 4.04. The van der Waals surface area contributed by atoms with E-state index in [1.807, 2.05) is 0 Å². The summed E-state index contributed by atoms with van der Waals surface area (Å²) in [7, 11) is 1.81. The Morgan fingerprint density at radius 3 is 2.74 bits per heavy atom. The summed E-state index contributed by atoms with van der Waals surface area (Å²) >= 11 is 0. The molecule has 0 spiro atoms. The first-order valence-corrected chi connectivity index (χ1v) is 8.39. The molecule has 130 valence electrons. The molecule has 0 radical (unpaired) electrons. The Balaban J connectivity index is 0.00000264. The van der Waals surface area contributed by atoms with Crippen molar-refractivity contribution in [3.05, 3.63) is 35.4 Å². The molecule has 2 N–H and O–H groups in total. The van der Waals surface area contributed by atoms with Crippen molar-refractivity contribution in [2.75, 3.05) is 20.2 Å². The van der Waals surface area contributed by atoms with Crippen molar-refractivity contribution in [2.24, 2.45) is 4.99 Å². The first-order chi connectivity index (χ1) is 10.8.